The summed E-state index contributed by atoms with van der Waals surface area (Å²) in [6, 6.07) is -4.61. The van der Waals surface area contributed by atoms with Gasteiger partial charge in [-0.15, -0.1) is 0 Å². The average molecular weight is 488 g/mol. The maximum atomic E-state index is 12.3. The number of guanidine groups is 1. The third-order valence-electron chi connectivity index (χ3n) is 3.88. The summed E-state index contributed by atoms with van der Waals surface area (Å²) in [7, 11) is 0. The van der Waals surface area contributed by atoms with E-state index in [0.29, 0.717) is 13.1 Å². The molecule has 0 saturated heterocycles. The second-order valence-electron chi connectivity index (χ2n) is 6.57. The molecule has 2 radical (unpaired) electrons. The number of nitrogens with one attached hydrogen (secondary N) is 4. The van der Waals surface area contributed by atoms with E-state index < -0.39 is 66.7 Å². The second-order valence-corrected chi connectivity index (χ2v) is 6.57. The average Bonchev–Trinajstić information content (AvgIpc) is 2.76. The molecule has 0 heterocycles. The number of nitrogens with zero attached hydrogens (tertiary/aromatic N) is 1. The summed E-state index contributed by atoms with van der Waals surface area (Å²) in [5, 5.41) is 35.0. The van der Waals surface area contributed by atoms with Crippen molar-refractivity contribution in [2.24, 2.45) is 22.2 Å². The zero-order valence-electron chi connectivity index (χ0n) is 17.9. The van der Waals surface area contributed by atoms with Gasteiger partial charge in [-0.05, 0) is 12.8 Å². The number of carbonyl (C=O) groups excluding carboxylic acids is 4. The summed E-state index contributed by atoms with van der Waals surface area (Å²) in [6.07, 6.45) is -0.601. The third-order valence-corrected chi connectivity index (χ3v) is 3.88. The van der Waals surface area contributed by atoms with Gasteiger partial charge in [0.05, 0.1) is 13.0 Å². The number of carboxylic acids is 2. The van der Waals surface area contributed by atoms with Gasteiger partial charge < -0.3 is 53.8 Å². The standard InChI is InChI=1S/C17H28N8O9/c18-5-11(27)23-8(2-1-3-21-17(19)20)14(31)22-6-12(28)24-9(4-13(29)30)15(32)25-10(7-26)16(33)34/h5-6,8-10,26H,1-4,7,18H2,(H,22,31)(H,23,27)(H,24,28)(H,25,32)(H,29,30)(H,33,34)(H4,19,20,21). The molecule has 0 aromatic heterocycles. The van der Waals surface area contributed by atoms with Gasteiger partial charge in [-0.1, -0.05) is 0 Å². The molecule has 17 heteroatoms. The molecule has 34 heavy (non-hydrogen) atoms. The number of hydrogen-bond acceptors (Lipinski definition) is 9. The van der Waals surface area contributed by atoms with Crippen LogP contribution in [0.4, 0.5) is 0 Å². The minimum absolute atomic E-state index is 0.0550. The zero-order valence-corrected chi connectivity index (χ0v) is 17.9. The van der Waals surface area contributed by atoms with Crippen LogP contribution in [0.5, 0.6) is 0 Å². The van der Waals surface area contributed by atoms with E-state index in [2.05, 4.69) is 15.6 Å². The molecule has 0 spiro atoms. The van der Waals surface area contributed by atoms with Gasteiger partial charge in [-0.2, -0.15) is 0 Å². The highest BCUT2D eigenvalue weighted by Gasteiger charge is 2.28. The molecule has 190 valence electrons. The number of aliphatic hydroxyl groups excluding tert-OH is 1. The number of nitrogens with two attached hydrogens (primary N) is 3. The van der Waals surface area contributed by atoms with Crippen LogP contribution in [-0.2, 0) is 28.8 Å². The molecule has 3 unspecified atom stereocenters. The molecule has 0 aromatic carbocycles. The van der Waals surface area contributed by atoms with Gasteiger partial charge in [0.25, 0.3) is 0 Å². The smallest absolute Gasteiger partial charge is 0.328 e. The maximum Gasteiger partial charge on any atom is 0.328 e. The van der Waals surface area contributed by atoms with Crippen LogP contribution in [0.3, 0.4) is 0 Å². The Balaban J connectivity index is 5.04. The number of rotatable bonds is 16. The van der Waals surface area contributed by atoms with Crippen molar-refractivity contribution in [1.29, 1.82) is 0 Å². The van der Waals surface area contributed by atoms with E-state index in [9.17, 15) is 28.8 Å². The van der Waals surface area contributed by atoms with E-state index in [0.717, 1.165) is 0 Å². The van der Waals surface area contributed by atoms with Gasteiger partial charge in [0, 0.05) is 6.54 Å². The predicted octanol–water partition coefficient (Wildman–Crippen LogP) is -5.56. The van der Waals surface area contributed by atoms with Gasteiger partial charge in [-0.25, -0.2) is 4.79 Å². The molecule has 0 aliphatic rings. The lowest BCUT2D eigenvalue weighted by molar-refractivity contribution is -0.144. The zero-order chi connectivity index (χ0) is 26.3. The topological polar surface area (TPSA) is 302 Å². The quantitative estimate of drug-likeness (QED) is 0.0552. The fraction of sp³-hybridized carbons (Fsp3) is 0.471. The van der Waals surface area contributed by atoms with Gasteiger partial charge in [-0.3, -0.25) is 29.0 Å². The fourth-order valence-electron chi connectivity index (χ4n) is 2.28. The molecular weight excluding hydrogens is 460 g/mol. The van der Waals surface area contributed by atoms with Crippen LogP contribution in [0, 0.1) is 13.1 Å². The van der Waals surface area contributed by atoms with Crippen LogP contribution in [0.25, 0.3) is 0 Å². The van der Waals surface area contributed by atoms with Gasteiger partial charge in [0.2, 0.25) is 23.6 Å². The molecule has 0 fully saturated rings. The normalized spacial score (nSPS) is 12.9. The summed E-state index contributed by atoms with van der Waals surface area (Å²) in [6.45, 7) is 0.425. The van der Waals surface area contributed by atoms with E-state index in [1.165, 1.54) is 0 Å². The van der Waals surface area contributed by atoms with Crippen LogP contribution in [0.1, 0.15) is 19.3 Å². The highest BCUT2D eigenvalue weighted by atomic mass is 16.4. The molecule has 0 aliphatic heterocycles. The molecule has 0 saturated carbocycles. The first-order chi connectivity index (χ1) is 15.9. The lowest BCUT2D eigenvalue weighted by Gasteiger charge is -2.20. The summed E-state index contributed by atoms with van der Waals surface area (Å²) < 4.78 is 0. The monoisotopic (exact) mass is 488 g/mol. The number of amides is 4. The Morgan fingerprint density at radius 2 is 1.50 bits per heavy atom. The van der Waals surface area contributed by atoms with Crippen molar-refractivity contribution in [3.8, 4) is 0 Å². The van der Waals surface area contributed by atoms with Crippen molar-refractivity contribution < 1.29 is 44.1 Å². The number of aliphatic hydroxyl groups is 1. The number of carboxylic acid groups (broad SMARTS) is 2. The van der Waals surface area contributed by atoms with Gasteiger partial charge in [0.15, 0.2) is 5.96 Å². The molecule has 4 amide bonds. The Hall–Kier alpha value is -3.99. The number of aliphatic imine (C=N–C) groups is 1. The van der Waals surface area contributed by atoms with Gasteiger partial charge >= 0.3 is 11.9 Å². The molecule has 3 atom stereocenters. The van der Waals surface area contributed by atoms with Crippen LogP contribution in [-0.4, -0.2) is 88.1 Å². The summed E-state index contributed by atoms with van der Waals surface area (Å²) in [5.41, 5.74) is 15.5. The molecule has 13 N–H and O–H groups in total. The van der Waals surface area contributed by atoms with E-state index in [1.807, 2.05) is 10.6 Å². The first kappa shape index (κ1) is 30.0. The summed E-state index contributed by atoms with van der Waals surface area (Å²) >= 11 is 0. The van der Waals surface area contributed by atoms with Crippen molar-refractivity contribution in [1.82, 2.24) is 21.3 Å². The maximum absolute atomic E-state index is 12.3. The largest absolute Gasteiger partial charge is 0.481 e. The molecule has 0 rings (SSSR count). The Kier molecular flexibility index (Phi) is 13.9. The number of carbonyl (C=O) groups is 6. The number of hydrogen-bond donors (Lipinski definition) is 10. The molecule has 0 bridgehead atoms. The van der Waals surface area contributed by atoms with Crippen LogP contribution in [0.15, 0.2) is 4.99 Å². The van der Waals surface area contributed by atoms with E-state index in [4.69, 9.17) is 32.5 Å². The Morgan fingerprint density at radius 3 is 2.00 bits per heavy atom. The van der Waals surface area contributed by atoms with Crippen LogP contribution < -0.4 is 38.5 Å². The Bertz CT molecular complexity index is 785. The molecule has 17 nitrogen and oxygen atoms in total. The molecular formula is C17H28N8O9. The van der Waals surface area contributed by atoms with Crippen molar-refractivity contribution in [2.45, 2.75) is 37.4 Å². The van der Waals surface area contributed by atoms with E-state index in [-0.39, 0.29) is 25.3 Å². The van der Waals surface area contributed by atoms with Crippen LogP contribution in [0.2, 0.25) is 0 Å². The SMILES string of the molecule is N[CH]C(=O)NC(CCCN=C(N)N)C(=O)N[CH]C(=O)NC(CC(=O)O)C(=O)NC(CO)C(=O)O. The highest BCUT2D eigenvalue weighted by molar-refractivity contribution is 5.97. The lowest BCUT2D eigenvalue weighted by Crippen LogP contribution is -2.54. The Morgan fingerprint density at radius 1 is 0.882 bits per heavy atom. The minimum atomic E-state index is -1.73. The minimum Gasteiger partial charge on any atom is -0.481 e. The van der Waals surface area contributed by atoms with Crippen molar-refractivity contribution >= 4 is 41.5 Å². The molecule has 0 aromatic rings. The molecule has 0 aliphatic carbocycles. The second kappa shape index (κ2) is 15.8. The summed E-state index contributed by atoms with van der Waals surface area (Å²) in [4.78, 5) is 73.7. The van der Waals surface area contributed by atoms with Crippen molar-refractivity contribution in [2.75, 3.05) is 13.2 Å². The van der Waals surface area contributed by atoms with Crippen LogP contribution >= 0.6 is 0 Å². The Labute approximate surface area is 193 Å². The first-order valence-corrected chi connectivity index (χ1v) is 9.62. The van der Waals surface area contributed by atoms with Crippen molar-refractivity contribution in [3.63, 3.8) is 0 Å². The van der Waals surface area contributed by atoms with E-state index >= 15 is 0 Å². The first-order valence-electron chi connectivity index (χ1n) is 9.62. The fourth-order valence-corrected chi connectivity index (χ4v) is 2.28. The third kappa shape index (κ3) is 12.8. The lowest BCUT2D eigenvalue weighted by atomic mass is 10.1. The van der Waals surface area contributed by atoms with Gasteiger partial charge in [0.1, 0.15) is 31.2 Å². The van der Waals surface area contributed by atoms with E-state index in [1.54, 1.807) is 0 Å². The predicted molar refractivity (Wildman–Crippen MR) is 114 cm³/mol. The number of aliphatic carboxylic acids is 2. The van der Waals surface area contributed by atoms with Crippen molar-refractivity contribution in [3.05, 3.63) is 13.1 Å². The summed E-state index contributed by atoms with van der Waals surface area (Å²) in [5.74, 6) is -7.18. The highest BCUT2D eigenvalue weighted by Crippen LogP contribution is 2.00.